The van der Waals surface area contributed by atoms with E-state index in [9.17, 15) is 9.59 Å². The molecule has 0 aliphatic rings. The normalized spacial score (nSPS) is 11.0. The minimum absolute atomic E-state index is 0.216. The van der Waals surface area contributed by atoms with Crippen molar-refractivity contribution in [1.29, 1.82) is 0 Å². The van der Waals surface area contributed by atoms with Gasteiger partial charge in [-0.05, 0) is 54.4 Å². The van der Waals surface area contributed by atoms with E-state index in [0.29, 0.717) is 28.5 Å². The Bertz CT molecular complexity index is 1120. The molecule has 0 unspecified atom stereocenters. The van der Waals surface area contributed by atoms with E-state index in [2.05, 4.69) is 25.9 Å². The van der Waals surface area contributed by atoms with Gasteiger partial charge in [0.1, 0.15) is 0 Å². The molecule has 3 rings (SSSR count). The summed E-state index contributed by atoms with van der Waals surface area (Å²) in [6, 6.07) is 15.9. The van der Waals surface area contributed by atoms with Gasteiger partial charge in [0.15, 0.2) is 0 Å². The number of carbonyl (C=O) groups is 2. The van der Waals surface area contributed by atoms with Crippen LogP contribution in [0.5, 0.6) is 0 Å². The van der Waals surface area contributed by atoms with Gasteiger partial charge in [0.05, 0.1) is 17.3 Å². The largest absolute Gasteiger partial charge is 0.326 e. The van der Waals surface area contributed by atoms with Crippen LogP contribution in [0.25, 0.3) is 0 Å². The monoisotopic (exact) mass is 435 g/mol. The van der Waals surface area contributed by atoms with Crippen molar-refractivity contribution in [3.05, 3.63) is 88.7 Å². The molecular formula is C23H22ClN5O2. The van der Waals surface area contributed by atoms with Gasteiger partial charge in [-0.3, -0.25) is 19.9 Å². The third-order valence-corrected chi connectivity index (χ3v) is 4.51. The average molecular weight is 436 g/mol. The summed E-state index contributed by atoms with van der Waals surface area (Å²) in [5.74, 6) is -0.357. The van der Waals surface area contributed by atoms with Crippen LogP contribution in [-0.4, -0.2) is 22.8 Å². The van der Waals surface area contributed by atoms with Crippen molar-refractivity contribution in [2.24, 2.45) is 4.99 Å². The summed E-state index contributed by atoms with van der Waals surface area (Å²) >= 11 is 6.33. The molecule has 0 aliphatic carbocycles. The van der Waals surface area contributed by atoms with Crippen LogP contribution in [0, 0.1) is 6.92 Å². The smallest absolute Gasteiger partial charge is 0.258 e. The first-order valence-electron chi connectivity index (χ1n) is 9.56. The number of amides is 2. The summed E-state index contributed by atoms with van der Waals surface area (Å²) in [4.78, 5) is 32.7. The second-order valence-electron chi connectivity index (χ2n) is 6.85. The topological polar surface area (TPSA) is 95.5 Å². The minimum Gasteiger partial charge on any atom is -0.326 e. The molecule has 0 saturated carbocycles. The highest BCUT2D eigenvalue weighted by Crippen LogP contribution is 2.22. The Hall–Kier alpha value is -3.71. The Kier molecular flexibility index (Phi) is 7.35. The van der Waals surface area contributed by atoms with E-state index in [1.807, 2.05) is 37.3 Å². The molecule has 7 nitrogen and oxygen atoms in total. The maximum atomic E-state index is 12.8. The zero-order valence-electron chi connectivity index (χ0n) is 17.1. The molecule has 0 bridgehead atoms. The molecule has 0 saturated heterocycles. The maximum absolute atomic E-state index is 12.8. The number of halogens is 1. The number of aliphatic imine (C=N–C) groups is 1. The first-order valence-corrected chi connectivity index (χ1v) is 9.94. The SMILES string of the molecule is CC(=O)Nc1cccc(C(=O)NC(=NCc2cccnc2)Nc2ccc(C)cc2Cl)c1. The second-order valence-corrected chi connectivity index (χ2v) is 7.26. The number of carbonyl (C=O) groups excluding carboxylic acids is 2. The third kappa shape index (κ3) is 6.65. The minimum atomic E-state index is -0.382. The Labute approximate surface area is 185 Å². The van der Waals surface area contributed by atoms with Crippen LogP contribution in [-0.2, 0) is 11.3 Å². The Morgan fingerprint density at radius 2 is 1.90 bits per heavy atom. The molecule has 0 aliphatic heterocycles. The number of benzene rings is 2. The molecule has 0 fully saturated rings. The lowest BCUT2D eigenvalue weighted by Gasteiger charge is -2.14. The number of hydrogen-bond acceptors (Lipinski definition) is 4. The fourth-order valence-corrected chi connectivity index (χ4v) is 3.02. The van der Waals surface area contributed by atoms with E-state index in [0.717, 1.165) is 11.1 Å². The number of pyridine rings is 1. The van der Waals surface area contributed by atoms with E-state index in [4.69, 9.17) is 11.6 Å². The van der Waals surface area contributed by atoms with E-state index < -0.39 is 0 Å². The van der Waals surface area contributed by atoms with Crippen LogP contribution in [0.4, 0.5) is 11.4 Å². The van der Waals surface area contributed by atoms with Crippen molar-refractivity contribution in [3.63, 3.8) is 0 Å². The molecule has 2 amide bonds. The van der Waals surface area contributed by atoms with Gasteiger partial charge in [-0.15, -0.1) is 0 Å². The summed E-state index contributed by atoms with van der Waals surface area (Å²) in [6.07, 6.45) is 3.39. The number of rotatable bonds is 5. The molecule has 3 aromatic rings. The summed E-state index contributed by atoms with van der Waals surface area (Å²) in [5, 5.41) is 9.04. The average Bonchev–Trinajstić information content (AvgIpc) is 2.74. The molecule has 1 aromatic heterocycles. The van der Waals surface area contributed by atoms with E-state index in [1.54, 1.807) is 36.7 Å². The quantitative estimate of drug-likeness (QED) is 0.409. The van der Waals surface area contributed by atoms with E-state index >= 15 is 0 Å². The van der Waals surface area contributed by atoms with Gasteiger partial charge in [0, 0.05) is 30.6 Å². The van der Waals surface area contributed by atoms with Crippen LogP contribution in [0.1, 0.15) is 28.4 Å². The molecule has 2 aromatic carbocycles. The molecule has 158 valence electrons. The van der Waals surface area contributed by atoms with Crippen molar-refractivity contribution in [2.45, 2.75) is 20.4 Å². The van der Waals surface area contributed by atoms with Gasteiger partial charge < -0.3 is 10.6 Å². The van der Waals surface area contributed by atoms with E-state index in [1.165, 1.54) is 6.92 Å². The van der Waals surface area contributed by atoms with Crippen molar-refractivity contribution < 1.29 is 9.59 Å². The van der Waals surface area contributed by atoms with Crippen LogP contribution < -0.4 is 16.0 Å². The Morgan fingerprint density at radius 1 is 1.06 bits per heavy atom. The number of guanidine groups is 1. The molecule has 0 radical (unpaired) electrons. The molecule has 31 heavy (non-hydrogen) atoms. The molecule has 0 spiro atoms. The van der Waals surface area contributed by atoms with Gasteiger partial charge in [-0.25, -0.2) is 4.99 Å². The number of nitrogens with zero attached hydrogens (tertiary/aromatic N) is 2. The summed E-state index contributed by atoms with van der Waals surface area (Å²) in [7, 11) is 0. The lowest BCUT2D eigenvalue weighted by molar-refractivity contribution is -0.114. The highest BCUT2D eigenvalue weighted by Gasteiger charge is 2.12. The molecule has 1 heterocycles. The number of aromatic nitrogens is 1. The number of anilines is 2. The zero-order chi connectivity index (χ0) is 22.2. The summed E-state index contributed by atoms with van der Waals surface area (Å²) < 4.78 is 0. The molecular weight excluding hydrogens is 414 g/mol. The van der Waals surface area contributed by atoms with Gasteiger partial charge in [0.2, 0.25) is 11.9 Å². The fourth-order valence-electron chi connectivity index (χ4n) is 2.74. The Morgan fingerprint density at radius 3 is 2.61 bits per heavy atom. The number of aryl methyl sites for hydroxylation is 1. The van der Waals surface area contributed by atoms with Crippen LogP contribution in [0.3, 0.4) is 0 Å². The van der Waals surface area contributed by atoms with Crippen molar-refractivity contribution in [1.82, 2.24) is 10.3 Å². The maximum Gasteiger partial charge on any atom is 0.258 e. The van der Waals surface area contributed by atoms with Crippen molar-refractivity contribution in [2.75, 3.05) is 10.6 Å². The summed E-state index contributed by atoms with van der Waals surface area (Å²) in [5.41, 5.74) is 3.42. The van der Waals surface area contributed by atoms with E-state index in [-0.39, 0.29) is 17.8 Å². The van der Waals surface area contributed by atoms with Crippen LogP contribution in [0.2, 0.25) is 5.02 Å². The van der Waals surface area contributed by atoms with Crippen molar-refractivity contribution in [3.8, 4) is 0 Å². The fraction of sp³-hybridized carbons (Fsp3) is 0.130. The standard InChI is InChI=1S/C23H22ClN5O2/c1-15-8-9-21(20(24)11-15)28-23(26-14-17-5-4-10-25-13-17)29-22(31)18-6-3-7-19(12-18)27-16(2)30/h3-13H,14H2,1-2H3,(H,27,30)(H2,26,28,29,31). The van der Waals surface area contributed by atoms with Crippen LogP contribution >= 0.6 is 11.6 Å². The number of hydrogen-bond donors (Lipinski definition) is 3. The van der Waals surface area contributed by atoms with Crippen molar-refractivity contribution >= 4 is 40.7 Å². The highest BCUT2D eigenvalue weighted by molar-refractivity contribution is 6.34. The first kappa shape index (κ1) is 22.0. The zero-order valence-corrected chi connectivity index (χ0v) is 17.9. The molecule has 8 heteroatoms. The molecule has 0 atom stereocenters. The first-order chi connectivity index (χ1) is 14.9. The highest BCUT2D eigenvalue weighted by atomic mass is 35.5. The lowest BCUT2D eigenvalue weighted by Crippen LogP contribution is -2.36. The second kappa shape index (κ2) is 10.4. The van der Waals surface area contributed by atoms with Gasteiger partial charge in [-0.1, -0.05) is 29.8 Å². The predicted octanol–water partition coefficient (Wildman–Crippen LogP) is 4.40. The van der Waals surface area contributed by atoms with Crippen LogP contribution in [0.15, 0.2) is 72.0 Å². The van der Waals surface area contributed by atoms with Gasteiger partial charge in [0.25, 0.3) is 5.91 Å². The predicted molar refractivity (Wildman–Crippen MR) is 123 cm³/mol. The third-order valence-electron chi connectivity index (χ3n) is 4.20. The number of nitrogens with one attached hydrogen (secondary N) is 3. The molecule has 3 N–H and O–H groups in total. The summed E-state index contributed by atoms with van der Waals surface area (Å²) in [6.45, 7) is 3.66. The lowest BCUT2D eigenvalue weighted by atomic mass is 10.2. The Balaban J connectivity index is 1.83. The van der Waals surface area contributed by atoms with Gasteiger partial charge >= 0.3 is 0 Å². The van der Waals surface area contributed by atoms with Gasteiger partial charge in [-0.2, -0.15) is 0 Å².